The highest BCUT2D eigenvalue weighted by atomic mass is 35.5. The second kappa shape index (κ2) is 5.89. The second-order valence-corrected chi connectivity index (χ2v) is 7.06. The second-order valence-electron chi connectivity index (χ2n) is 6.62. The standard InChI is InChI=1S/C16H17ClN6O2/c1-16(2,3)11-15(25)23-13(21-20-11)10(12(18)22-23)19-14(24)8-4-6-9(17)7-5-8/h4-7,22H,18H2,1-3H3,(H,19,24). The molecule has 1 aromatic carbocycles. The molecular formula is C16H17ClN6O2. The first-order valence-electron chi connectivity index (χ1n) is 7.53. The summed E-state index contributed by atoms with van der Waals surface area (Å²) >= 11 is 5.82. The molecule has 0 unspecified atom stereocenters. The molecule has 0 radical (unpaired) electrons. The van der Waals surface area contributed by atoms with E-state index < -0.39 is 11.3 Å². The molecule has 25 heavy (non-hydrogen) atoms. The van der Waals surface area contributed by atoms with Gasteiger partial charge in [-0.1, -0.05) is 32.4 Å². The lowest BCUT2D eigenvalue weighted by Gasteiger charge is -2.15. The Balaban J connectivity index is 2.04. The smallest absolute Gasteiger partial charge is 0.295 e. The van der Waals surface area contributed by atoms with E-state index in [2.05, 4.69) is 20.6 Å². The Morgan fingerprint density at radius 3 is 2.48 bits per heavy atom. The number of aromatic nitrogens is 4. The minimum Gasteiger partial charge on any atom is -0.382 e. The number of amides is 1. The third-order valence-electron chi connectivity index (χ3n) is 3.64. The summed E-state index contributed by atoms with van der Waals surface area (Å²) in [4.78, 5) is 25.0. The number of carbonyl (C=O) groups excluding carboxylic acids is 1. The van der Waals surface area contributed by atoms with E-state index in [1.54, 1.807) is 24.3 Å². The normalized spacial score (nSPS) is 11.7. The van der Waals surface area contributed by atoms with Gasteiger partial charge in [0.15, 0.2) is 0 Å². The lowest BCUT2D eigenvalue weighted by atomic mass is 9.93. The van der Waals surface area contributed by atoms with Gasteiger partial charge in [-0.2, -0.15) is 4.52 Å². The zero-order valence-electron chi connectivity index (χ0n) is 13.9. The molecule has 0 bridgehead atoms. The summed E-state index contributed by atoms with van der Waals surface area (Å²) in [6.45, 7) is 5.58. The van der Waals surface area contributed by atoms with Gasteiger partial charge in [0.2, 0.25) is 5.65 Å². The zero-order chi connectivity index (χ0) is 18.4. The number of nitrogens with one attached hydrogen (secondary N) is 2. The van der Waals surface area contributed by atoms with Gasteiger partial charge in [-0.3, -0.25) is 14.7 Å². The highest BCUT2D eigenvalue weighted by Gasteiger charge is 2.24. The molecule has 0 atom stereocenters. The Bertz CT molecular complexity index is 1010. The molecule has 0 aliphatic carbocycles. The molecule has 4 N–H and O–H groups in total. The minimum atomic E-state index is -0.474. The van der Waals surface area contributed by atoms with Gasteiger partial charge in [0.1, 0.15) is 17.2 Å². The number of halogens is 1. The van der Waals surface area contributed by atoms with Crippen molar-refractivity contribution in [1.82, 2.24) is 19.8 Å². The van der Waals surface area contributed by atoms with E-state index in [1.165, 1.54) is 4.52 Å². The van der Waals surface area contributed by atoms with E-state index in [0.29, 0.717) is 16.3 Å². The van der Waals surface area contributed by atoms with Crippen LogP contribution in [0, 0.1) is 0 Å². The highest BCUT2D eigenvalue weighted by molar-refractivity contribution is 6.30. The Morgan fingerprint density at radius 2 is 1.88 bits per heavy atom. The summed E-state index contributed by atoms with van der Waals surface area (Å²) < 4.78 is 1.18. The number of nitrogens with zero attached hydrogens (tertiary/aromatic N) is 3. The van der Waals surface area contributed by atoms with Crippen molar-refractivity contribution in [3.63, 3.8) is 0 Å². The van der Waals surface area contributed by atoms with Crippen LogP contribution in [0.1, 0.15) is 36.8 Å². The number of H-pyrrole nitrogens is 1. The van der Waals surface area contributed by atoms with E-state index in [1.807, 2.05) is 20.8 Å². The highest BCUT2D eigenvalue weighted by Crippen LogP contribution is 2.23. The molecule has 0 saturated carbocycles. The van der Waals surface area contributed by atoms with Gasteiger partial charge in [0.25, 0.3) is 11.5 Å². The fourth-order valence-electron chi connectivity index (χ4n) is 2.33. The molecule has 1 amide bonds. The van der Waals surface area contributed by atoms with Gasteiger partial charge in [-0.25, -0.2) is 0 Å². The summed E-state index contributed by atoms with van der Waals surface area (Å²) in [7, 11) is 0. The number of aromatic amines is 1. The van der Waals surface area contributed by atoms with Crippen molar-refractivity contribution in [2.24, 2.45) is 0 Å². The van der Waals surface area contributed by atoms with Crippen LogP contribution < -0.4 is 16.6 Å². The van der Waals surface area contributed by atoms with Gasteiger partial charge in [0, 0.05) is 16.0 Å². The maximum Gasteiger partial charge on any atom is 0.295 e. The number of hydrogen-bond acceptors (Lipinski definition) is 5. The summed E-state index contributed by atoms with van der Waals surface area (Å²) in [5.74, 6) is -0.293. The van der Waals surface area contributed by atoms with Gasteiger partial charge in [-0.05, 0) is 24.3 Å². The van der Waals surface area contributed by atoms with Crippen LogP contribution in [-0.4, -0.2) is 25.7 Å². The molecule has 8 nitrogen and oxygen atoms in total. The third-order valence-corrected chi connectivity index (χ3v) is 3.89. The van der Waals surface area contributed by atoms with Crippen molar-refractivity contribution >= 4 is 34.7 Å². The lowest BCUT2D eigenvalue weighted by Crippen LogP contribution is -2.30. The van der Waals surface area contributed by atoms with E-state index in [9.17, 15) is 9.59 Å². The SMILES string of the molecule is CC(C)(C)c1nnc2c(NC(=O)c3ccc(Cl)cc3)c(N)[nH]n2c1=O. The monoisotopic (exact) mass is 360 g/mol. The number of benzene rings is 1. The molecule has 130 valence electrons. The molecule has 0 saturated heterocycles. The van der Waals surface area contributed by atoms with Crippen LogP contribution in [0.2, 0.25) is 5.02 Å². The van der Waals surface area contributed by atoms with Crippen LogP contribution in [-0.2, 0) is 5.41 Å². The molecule has 0 aliphatic rings. The number of rotatable bonds is 2. The van der Waals surface area contributed by atoms with Crippen molar-refractivity contribution in [2.75, 3.05) is 11.1 Å². The Labute approximate surface area is 148 Å². The molecule has 0 aliphatic heterocycles. The van der Waals surface area contributed by atoms with Gasteiger partial charge >= 0.3 is 0 Å². The molecule has 3 rings (SSSR count). The Hall–Kier alpha value is -2.87. The maximum absolute atomic E-state index is 12.6. The predicted octanol–water partition coefficient (Wildman–Crippen LogP) is 2.20. The van der Waals surface area contributed by atoms with Crippen molar-refractivity contribution in [3.8, 4) is 0 Å². The van der Waals surface area contributed by atoms with E-state index >= 15 is 0 Å². The number of anilines is 2. The third kappa shape index (κ3) is 3.08. The minimum absolute atomic E-state index is 0.111. The number of nitrogen functional groups attached to an aromatic ring is 1. The lowest BCUT2D eigenvalue weighted by molar-refractivity contribution is 0.102. The van der Waals surface area contributed by atoms with Crippen LogP contribution in [0.5, 0.6) is 0 Å². The van der Waals surface area contributed by atoms with Gasteiger partial charge < -0.3 is 11.1 Å². The molecular weight excluding hydrogens is 344 g/mol. The number of nitrogens with two attached hydrogens (primary N) is 1. The Morgan fingerprint density at radius 1 is 1.24 bits per heavy atom. The number of hydrogen-bond donors (Lipinski definition) is 3. The molecule has 9 heteroatoms. The summed E-state index contributed by atoms with van der Waals surface area (Å²) in [6.07, 6.45) is 0. The molecule has 3 aromatic rings. The van der Waals surface area contributed by atoms with Gasteiger partial charge in [-0.15, -0.1) is 10.2 Å². The fourth-order valence-corrected chi connectivity index (χ4v) is 2.46. The predicted molar refractivity (Wildman–Crippen MR) is 96.1 cm³/mol. The summed E-state index contributed by atoms with van der Waals surface area (Å²) in [5, 5.41) is 14.0. The van der Waals surface area contributed by atoms with Crippen LogP contribution in [0.25, 0.3) is 5.65 Å². The van der Waals surface area contributed by atoms with Crippen molar-refractivity contribution in [3.05, 3.63) is 50.9 Å². The van der Waals surface area contributed by atoms with E-state index in [0.717, 1.165) is 0 Å². The molecule has 0 spiro atoms. The van der Waals surface area contributed by atoms with Gasteiger partial charge in [0.05, 0.1) is 0 Å². The van der Waals surface area contributed by atoms with Crippen molar-refractivity contribution in [2.45, 2.75) is 26.2 Å². The quantitative estimate of drug-likeness (QED) is 0.647. The van der Waals surface area contributed by atoms with Crippen LogP contribution >= 0.6 is 11.6 Å². The summed E-state index contributed by atoms with van der Waals surface area (Å²) in [5.41, 5.74) is 6.11. The maximum atomic E-state index is 12.6. The average molecular weight is 361 g/mol. The fraction of sp³-hybridized carbons (Fsp3) is 0.250. The Kier molecular flexibility index (Phi) is 4.00. The first kappa shape index (κ1) is 17.0. The number of fused-ring (bicyclic) bond motifs is 1. The molecule has 2 aromatic heterocycles. The van der Waals surface area contributed by atoms with E-state index in [4.69, 9.17) is 17.3 Å². The largest absolute Gasteiger partial charge is 0.382 e. The zero-order valence-corrected chi connectivity index (χ0v) is 14.7. The average Bonchev–Trinajstić information content (AvgIpc) is 2.84. The number of carbonyl (C=O) groups is 1. The van der Waals surface area contributed by atoms with Crippen LogP contribution in [0.4, 0.5) is 11.5 Å². The van der Waals surface area contributed by atoms with Crippen LogP contribution in [0.3, 0.4) is 0 Å². The first-order chi connectivity index (χ1) is 11.7. The summed E-state index contributed by atoms with van der Waals surface area (Å²) in [6, 6.07) is 6.38. The van der Waals surface area contributed by atoms with Crippen molar-refractivity contribution in [1.29, 1.82) is 0 Å². The van der Waals surface area contributed by atoms with Crippen molar-refractivity contribution < 1.29 is 4.79 Å². The molecule has 0 fully saturated rings. The van der Waals surface area contributed by atoms with Crippen LogP contribution in [0.15, 0.2) is 29.1 Å². The topological polar surface area (TPSA) is 118 Å². The molecule has 2 heterocycles. The van der Waals surface area contributed by atoms with E-state index in [-0.39, 0.29) is 22.7 Å². The first-order valence-corrected chi connectivity index (χ1v) is 7.90.